The normalized spacial score (nSPS) is 11.2. The minimum Gasteiger partial charge on any atom is -0.382 e. The number of nitrogen functional groups attached to an aromatic ring is 1. The molecular weight excluding hydrogens is 388 g/mol. The molecule has 0 unspecified atom stereocenters. The summed E-state index contributed by atoms with van der Waals surface area (Å²) in [7, 11) is 0. The van der Waals surface area contributed by atoms with E-state index in [4.69, 9.17) is 5.73 Å². The molecule has 0 bridgehead atoms. The number of benzene rings is 1. The molecule has 0 amide bonds. The van der Waals surface area contributed by atoms with Crippen LogP contribution in [0.1, 0.15) is 23.0 Å². The number of thiazole rings is 1. The van der Waals surface area contributed by atoms with Crippen LogP contribution in [0, 0.1) is 11.6 Å². The quantitative estimate of drug-likeness (QED) is 0.511. The van der Waals surface area contributed by atoms with Gasteiger partial charge < -0.3 is 5.73 Å². The molecule has 0 saturated heterocycles. The number of Topliss-reactive ketones (excluding diaryl/α,β-unsaturated/α-hetero) is 1. The largest absolute Gasteiger partial charge is 0.382 e. The molecular formula is C18H13F2N5O2S. The molecule has 142 valence electrons. The number of anilines is 1. The van der Waals surface area contributed by atoms with Crippen LogP contribution in [0.5, 0.6) is 0 Å². The van der Waals surface area contributed by atoms with Gasteiger partial charge in [-0.2, -0.15) is 5.10 Å². The zero-order valence-corrected chi connectivity index (χ0v) is 15.3. The van der Waals surface area contributed by atoms with Crippen LogP contribution in [-0.2, 0) is 0 Å². The number of fused-ring (bicyclic) bond motifs is 1. The molecule has 7 nitrogen and oxygen atoms in total. The minimum absolute atomic E-state index is 0.0151. The van der Waals surface area contributed by atoms with Crippen LogP contribution < -0.4 is 11.3 Å². The number of hydrogen-bond acceptors (Lipinski definition) is 6. The number of rotatable bonds is 4. The lowest BCUT2D eigenvalue weighted by molar-refractivity contribution is 0.0992. The van der Waals surface area contributed by atoms with Crippen molar-refractivity contribution < 1.29 is 13.6 Å². The highest BCUT2D eigenvalue weighted by atomic mass is 32.1. The molecule has 0 aliphatic rings. The van der Waals surface area contributed by atoms with Gasteiger partial charge in [0.25, 0.3) is 5.56 Å². The highest BCUT2D eigenvalue weighted by molar-refractivity contribution is 7.17. The van der Waals surface area contributed by atoms with Gasteiger partial charge in [-0.3, -0.25) is 19.3 Å². The highest BCUT2D eigenvalue weighted by Crippen LogP contribution is 2.32. The lowest BCUT2D eigenvalue weighted by atomic mass is 10.2. The molecule has 0 fully saturated rings. The van der Waals surface area contributed by atoms with Gasteiger partial charge >= 0.3 is 0 Å². The zero-order chi connectivity index (χ0) is 20.0. The van der Waals surface area contributed by atoms with Crippen molar-refractivity contribution in [3.05, 3.63) is 57.5 Å². The van der Waals surface area contributed by atoms with Crippen molar-refractivity contribution in [1.29, 1.82) is 0 Å². The molecule has 0 atom stereocenters. The summed E-state index contributed by atoms with van der Waals surface area (Å²) in [6, 6.07) is 3.30. The van der Waals surface area contributed by atoms with Gasteiger partial charge in [0.15, 0.2) is 11.6 Å². The third-order valence-electron chi connectivity index (χ3n) is 4.26. The molecule has 4 aromatic rings. The number of nitrogens with two attached hydrogens (primary N) is 1. The van der Waals surface area contributed by atoms with Crippen molar-refractivity contribution in [3.63, 3.8) is 0 Å². The van der Waals surface area contributed by atoms with E-state index in [0.717, 1.165) is 28.0 Å². The predicted molar refractivity (Wildman–Crippen MR) is 102 cm³/mol. The smallest absolute Gasteiger partial charge is 0.268 e. The van der Waals surface area contributed by atoms with E-state index >= 15 is 0 Å². The standard InChI is InChI=1S/C18H13F2N5O2S/c1-2-11(26)12-6-22-17(28-12)8-7-25(15-9(19)4-3-5-10(15)20)18(27)13-14(8)23-24-16(13)21/h3-7H,2H2,1H3,(H3,21,23,24). The lowest BCUT2D eigenvalue weighted by Crippen LogP contribution is -2.21. The number of aromatic nitrogens is 4. The van der Waals surface area contributed by atoms with E-state index < -0.39 is 22.9 Å². The number of ketones is 1. The van der Waals surface area contributed by atoms with Crippen LogP contribution in [0.15, 0.2) is 35.4 Å². The van der Waals surface area contributed by atoms with Crippen molar-refractivity contribution >= 4 is 33.8 Å². The number of halogens is 2. The maximum Gasteiger partial charge on any atom is 0.268 e. The summed E-state index contributed by atoms with van der Waals surface area (Å²) in [5, 5.41) is 6.87. The van der Waals surface area contributed by atoms with Crippen LogP contribution in [-0.4, -0.2) is 25.5 Å². The molecule has 3 heterocycles. The number of aromatic amines is 1. The monoisotopic (exact) mass is 401 g/mol. The van der Waals surface area contributed by atoms with Gasteiger partial charge in [0.05, 0.1) is 16.0 Å². The Morgan fingerprint density at radius 2 is 2.04 bits per heavy atom. The molecule has 0 aliphatic heterocycles. The van der Waals surface area contributed by atoms with Gasteiger partial charge in [-0.15, -0.1) is 11.3 Å². The molecule has 0 saturated carbocycles. The highest BCUT2D eigenvalue weighted by Gasteiger charge is 2.22. The summed E-state index contributed by atoms with van der Waals surface area (Å²) in [6.07, 6.45) is 3.01. The van der Waals surface area contributed by atoms with Crippen LogP contribution in [0.3, 0.4) is 0 Å². The van der Waals surface area contributed by atoms with Gasteiger partial charge in [-0.25, -0.2) is 13.8 Å². The van der Waals surface area contributed by atoms with Crippen LogP contribution in [0.4, 0.5) is 14.6 Å². The van der Waals surface area contributed by atoms with Crippen molar-refractivity contribution in [1.82, 2.24) is 19.7 Å². The van der Waals surface area contributed by atoms with Gasteiger partial charge in [0.1, 0.15) is 27.7 Å². The van der Waals surface area contributed by atoms with E-state index in [-0.39, 0.29) is 22.5 Å². The maximum absolute atomic E-state index is 14.3. The maximum atomic E-state index is 14.3. The second-order valence-corrected chi connectivity index (χ2v) is 6.98. The number of carbonyl (C=O) groups is 1. The fourth-order valence-electron chi connectivity index (χ4n) is 2.89. The Hall–Kier alpha value is -3.40. The Kier molecular flexibility index (Phi) is 4.27. The number of nitrogens with one attached hydrogen (secondary N) is 1. The SMILES string of the molecule is CCC(=O)c1cnc(-c2cn(-c3c(F)cccc3F)c(=O)c3c(N)n[nH]c23)s1. The molecule has 0 aliphatic carbocycles. The summed E-state index contributed by atoms with van der Waals surface area (Å²) >= 11 is 1.11. The first-order valence-corrected chi connectivity index (χ1v) is 9.07. The van der Waals surface area contributed by atoms with Crippen LogP contribution in [0.2, 0.25) is 0 Å². The van der Waals surface area contributed by atoms with E-state index in [9.17, 15) is 18.4 Å². The summed E-state index contributed by atoms with van der Waals surface area (Å²) in [6.45, 7) is 1.73. The molecule has 3 N–H and O–H groups in total. The van der Waals surface area contributed by atoms with E-state index in [0.29, 0.717) is 21.9 Å². The Morgan fingerprint density at radius 1 is 1.32 bits per heavy atom. The lowest BCUT2D eigenvalue weighted by Gasteiger charge is -2.10. The van der Waals surface area contributed by atoms with Crippen LogP contribution >= 0.6 is 11.3 Å². The van der Waals surface area contributed by atoms with E-state index in [1.54, 1.807) is 6.92 Å². The number of H-pyrrole nitrogens is 1. The fraction of sp³-hybridized carbons (Fsp3) is 0.111. The second kappa shape index (κ2) is 6.64. The molecule has 28 heavy (non-hydrogen) atoms. The summed E-state index contributed by atoms with van der Waals surface area (Å²) < 4.78 is 29.5. The van der Waals surface area contributed by atoms with E-state index in [1.165, 1.54) is 18.5 Å². The Labute approximate surface area is 160 Å². The summed E-state index contributed by atoms with van der Waals surface area (Å²) in [5.74, 6) is -2.00. The molecule has 3 aromatic heterocycles. The number of para-hydroxylation sites is 1. The number of hydrogen-bond donors (Lipinski definition) is 2. The average Bonchev–Trinajstić information content (AvgIpc) is 3.30. The van der Waals surface area contributed by atoms with Gasteiger partial charge in [0, 0.05) is 18.8 Å². The van der Waals surface area contributed by atoms with Crippen molar-refractivity contribution in [2.75, 3.05) is 5.73 Å². The number of nitrogens with zero attached hydrogens (tertiary/aromatic N) is 3. The molecule has 0 spiro atoms. The first kappa shape index (κ1) is 18.0. The average molecular weight is 401 g/mol. The summed E-state index contributed by atoms with van der Waals surface area (Å²) in [4.78, 5) is 29.5. The Bertz CT molecular complexity index is 1270. The van der Waals surface area contributed by atoms with Crippen LogP contribution in [0.25, 0.3) is 27.2 Å². The third-order valence-corrected chi connectivity index (χ3v) is 5.34. The minimum atomic E-state index is -0.907. The molecule has 1 aromatic carbocycles. The fourth-order valence-corrected chi connectivity index (χ4v) is 3.83. The molecule has 4 rings (SSSR count). The zero-order valence-electron chi connectivity index (χ0n) is 14.5. The summed E-state index contributed by atoms with van der Waals surface area (Å²) in [5.41, 5.74) is 5.18. The first-order chi connectivity index (χ1) is 13.4. The number of pyridine rings is 1. The molecule has 0 radical (unpaired) electrons. The van der Waals surface area contributed by atoms with Gasteiger partial charge in [-0.05, 0) is 12.1 Å². The van der Waals surface area contributed by atoms with Crippen molar-refractivity contribution in [2.24, 2.45) is 0 Å². The topological polar surface area (TPSA) is 107 Å². The Balaban J connectivity index is 2.05. The van der Waals surface area contributed by atoms with Crippen molar-refractivity contribution in [2.45, 2.75) is 13.3 Å². The first-order valence-electron chi connectivity index (χ1n) is 8.25. The third kappa shape index (κ3) is 2.69. The molecule has 10 heteroatoms. The van der Waals surface area contributed by atoms with Crippen molar-refractivity contribution in [3.8, 4) is 16.3 Å². The second-order valence-electron chi connectivity index (χ2n) is 5.95. The predicted octanol–water partition coefficient (Wildman–Crippen LogP) is 3.29. The van der Waals surface area contributed by atoms with E-state index in [1.807, 2.05) is 0 Å². The van der Waals surface area contributed by atoms with E-state index in [2.05, 4.69) is 15.2 Å². The van der Waals surface area contributed by atoms with Gasteiger partial charge in [-0.1, -0.05) is 13.0 Å². The Morgan fingerprint density at radius 3 is 2.71 bits per heavy atom. The van der Waals surface area contributed by atoms with Gasteiger partial charge in [0.2, 0.25) is 0 Å². The number of carbonyl (C=O) groups excluding carboxylic acids is 1.